The van der Waals surface area contributed by atoms with Gasteiger partial charge in [0.05, 0.1) is 24.0 Å². The molecule has 0 amide bonds. The molecule has 0 fully saturated rings. The van der Waals surface area contributed by atoms with Crippen molar-refractivity contribution in [2.45, 2.75) is 19.9 Å². The fourth-order valence-corrected chi connectivity index (χ4v) is 1.24. The number of rotatable bonds is 5. The average Bonchev–Trinajstić information content (AvgIpc) is 2.22. The molecule has 1 atom stereocenters. The Morgan fingerprint density at radius 2 is 2.27 bits per heavy atom. The Morgan fingerprint density at radius 1 is 1.53 bits per heavy atom. The van der Waals surface area contributed by atoms with E-state index in [0.717, 1.165) is 17.2 Å². The highest BCUT2D eigenvalue weighted by atomic mass is 16.5. The maximum atomic E-state index is 5.60. The number of nitrogens with zero attached hydrogens (tertiary/aromatic N) is 2. The fourth-order valence-electron chi connectivity index (χ4n) is 1.24. The normalized spacial score (nSPS) is 12.5. The van der Waals surface area contributed by atoms with Crippen molar-refractivity contribution in [2.75, 3.05) is 25.6 Å². The second-order valence-corrected chi connectivity index (χ2v) is 3.48. The van der Waals surface area contributed by atoms with Gasteiger partial charge in [-0.15, -0.1) is 0 Å². The van der Waals surface area contributed by atoms with E-state index in [9.17, 15) is 0 Å². The molecule has 0 saturated heterocycles. The Bertz CT molecular complexity index is 316. The molecule has 0 bridgehead atoms. The van der Waals surface area contributed by atoms with E-state index >= 15 is 0 Å². The molecule has 1 aromatic rings. The third kappa shape index (κ3) is 3.45. The molecule has 3 N–H and O–H groups in total. The van der Waals surface area contributed by atoms with Gasteiger partial charge >= 0.3 is 0 Å². The molecule has 0 spiro atoms. The quantitative estimate of drug-likeness (QED) is 0.739. The van der Waals surface area contributed by atoms with Gasteiger partial charge in [-0.2, -0.15) is 0 Å². The number of aromatic nitrogens is 2. The Labute approximate surface area is 90.1 Å². The minimum absolute atomic E-state index is 0.0739. The van der Waals surface area contributed by atoms with Crippen LogP contribution in [-0.2, 0) is 4.74 Å². The predicted molar refractivity (Wildman–Crippen MR) is 59.8 cm³/mol. The van der Waals surface area contributed by atoms with E-state index in [2.05, 4.69) is 15.3 Å². The largest absolute Gasteiger partial charge is 0.383 e. The Hall–Kier alpha value is -1.20. The number of nitrogens with one attached hydrogen (secondary N) is 1. The molecule has 0 aliphatic carbocycles. The zero-order valence-corrected chi connectivity index (χ0v) is 9.45. The maximum Gasteiger partial charge on any atom is 0.148 e. The van der Waals surface area contributed by atoms with Crippen molar-refractivity contribution in [2.24, 2.45) is 5.73 Å². The summed E-state index contributed by atoms with van der Waals surface area (Å²) >= 11 is 0. The Balaban J connectivity index is 2.73. The van der Waals surface area contributed by atoms with Crippen LogP contribution in [-0.4, -0.2) is 36.3 Å². The van der Waals surface area contributed by atoms with Gasteiger partial charge in [0, 0.05) is 19.9 Å². The first-order chi connectivity index (χ1) is 7.17. The Kier molecular flexibility index (Phi) is 4.45. The lowest BCUT2D eigenvalue weighted by atomic mass is 10.3. The highest BCUT2D eigenvalue weighted by Gasteiger charge is 2.09. The van der Waals surface area contributed by atoms with Crippen molar-refractivity contribution >= 4 is 5.82 Å². The van der Waals surface area contributed by atoms with Crippen LogP contribution in [0.4, 0.5) is 5.82 Å². The highest BCUT2D eigenvalue weighted by molar-refractivity contribution is 5.40. The van der Waals surface area contributed by atoms with Crippen LogP contribution in [0.25, 0.3) is 0 Å². The molecule has 1 heterocycles. The van der Waals surface area contributed by atoms with Crippen LogP contribution in [0.15, 0.2) is 6.20 Å². The summed E-state index contributed by atoms with van der Waals surface area (Å²) in [5, 5.41) is 3.22. The third-order valence-electron chi connectivity index (χ3n) is 2.07. The minimum atomic E-state index is 0.0739. The number of nitrogens with two attached hydrogens (primary N) is 1. The van der Waals surface area contributed by atoms with E-state index in [1.54, 1.807) is 13.3 Å². The lowest BCUT2D eigenvalue weighted by Gasteiger charge is -2.17. The van der Waals surface area contributed by atoms with E-state index in [1.807, 2.05) is 13.8 Å². The van der Waals surface area contributed by atoms with Gasteiger partial charge in [-0.1, -0.05) is 0 Å². The SMILES string of the molecule is COCC(CN)Nc1nc(C)cnc1C. The van der Waals surface area contributed by atoms with Crippen LogP contribution >= 0.6 is 0 Å². The standard InChI is InChI=1S/C10H18N4O/c1-7-5-12-8(2)10(13-7)14-9(4-11)6-15-3/h5,9H,4,6,11H2,1-3H3,(H,13,14). The molecule has 0 saturated carbocycles. The highest BCUT2D eigenvalue weighted by Crippen LogP contribution is 2.09. The van der Waals surface area contributed by atoms with E-state index in [0.29, 0.717) is 13.2 Å². The summed E-state index contributed by atoms with van der Waals surface area (Å²) in [6.07, 6.45) is 1.74. The zero-order valence-electron chi connectivity index (χ0n) is 9.45. The molecule has 0 aromatic carbocycles. The first-order valence-corrected chi connectivity index (χ1v) is 4.93. The summed E-state index contributed by atoms with van der Waals surface area (Å²) in [5.74, 6) is 0.780. The smallest absolute Gasteiger partial charge is 0.148 e. The number of anilines is 1. The summed E-state index contributed by atoms with van der Waals surface area (Å²) in [4.78, 5) is 8.58. The molecular formula is C10H18N4O. The van der Waals surface area contributed by atoms with E-state index < -0.39 is 0 Å². The summed E-state index contributed by atoms with van der Waals surface area (Å²) in [5.41, 5.74) is 7.36. The minimum Gasteiger partial charge on any atom is -0.383 e. The number of methoxy groups -OCH3 is 1. The fraction of sp³-hybridized carbons (Fsp3) is 0.600. The molecule has 84 valence electrons. The van der Waals surface area contributed by atoms with Crippen molar-refractivity contribution in [1.29, 1.82) is 0 Å². The van der Waals surface area contributed by atoms with Crippen LogP contribution < -0.4 is 11.1 Å². The number of hydrogen-bond donors (Lipinski definition) is 2. The van der Waals surface area contributed by atoms with Crippen LogP contribution in [0.2, 0.25) is 0 Å². The predicted octanol–water partition coefficient (Wildman–Crippen LogP) is 0.479. The van der Waals surface area contributed by atoms with Gasteiger partial charge in [0.15, 0.2) is 0 Å². The summed E-state index contributed by atoms with van der Waals surface area (Å²) in [7, 11) is 1.65. The second-order valence-electron chi connectivity index (χ2n) is 3.48. The summed E-state index contributed by atoms with van der Waals surface area (Å²) < 4.78 is 5.05. The molecule has 5 nitrogen and oxygen atoms in total. The van der Waals surface area contributed by atoms with E-state index in [-0.39, 0.29) is 6.04 Å². The summed E-state index contributed by atoms with van der Waals surface area (Å²) in [6.45, 7) is 4.88. The van der Waals surface area contributed by atoms with Crippen LogP contribution in [0.3, 0.4) is 0 Å². The monoisotopic (exact) mass is 210 g/mol. The molecule has 1 unspecified atom stereocenters. The topological polar surface area (TPSA) is 73.1 Å². The van der Waals surface area contributed by atoms with Crippen molar-refractivity contribution in [3.63, 3.8) is 0 Å². The molecule has 1 aromatic heterocycles. The van der Waals surface area contributed by atoms with Gasteiger partial charge in [0.2, 0.25) is 0 Å². The number of ether oxygens (including phenoxy) is 1. The van der Waals surface area contributed by atoms with Gasteiger partial charge in [-0.25, -0.2) is 4.98 Å². The second kappa shape index (κ2) is 5.63. The van der Waals surface area contributed by atoms with Gasteiger partial charge in [0.1, 0.15) is 5.82 Å². The van der Waals surface area contributed by atoms with Crippen molar-refractivity contribution in [3.05, 3.63) is 17.6 Å². The molecule has 5 heteroatoms. The lowest BCUT2D eigenvalue weighted by molar-refractivity contribution is 0.187. The maximum absolute atomic E-state index is 5.60. The van der Waals surface area contributed by atoms with Gasteiger partial charge in [0.25, 0.3) is 0 Å². The first kappa shape index (κ1) is 11.9. The number of hydrogen-bond acceptors (Lipinski definition) is 5. The van der Waals surface area contributed by atoms with Crippen molar-refractivity contribution in [1.82, 2.24) is 9.97 Å². The van der Waals surface area contributed by atoms with Crippen LogP contribution in [0.1, 0.15) is 11.4 Å². The number of aryl methyl sites for hydroxylation is 2. The van der Waals surface area contributed by atoms with Gasteiger partial charge < -0.3 is 15.8 Å². The zero-order chi connectivity index (χ0) is 11.3. The molecule has 0 aliphatic heterocycles. The average molecular weight is 210 g/mol. The molecular weight excluding hydrogens is 192 g/mol. The van der Waals surface area contributed by atoms with Crippen LogP contribution in [0.5, 0.6) is 0 Å². The first-order valence-electron chi connectivity index (χ1n) is 4.93. The van der Waals surface area contributed by atoms with Gasteiger partial charge in [-0.05, 0) is 13.8 Å². The molecule has 1 rings (SSSR count). The molecule has 15 heavy (non-hydrogen) atoms. The lowest BCUT2D eigenvalue weighted by Crippen LogP contribution is -2.33. The van der Waals surface area contributed by atoms with Crippen molar-refractivity contribution in [3.8, 4) is 0 Å². The van der Waals surface area contributed by atoms with Crippen molar-refractivity contribution < 1.29 is 4.74 Å². The molecule has 0 radical (unpaired) electrons. The van der Waals surface area contributed by atoms with E-state index in [4.69, 9.17) is 10.5 Å². The van der Waals surface area contributed by atoms with E-state index in [1.165, 1.54) is 0 Å². The summed E-state index contributed by atoms with van der Waals surface area (Å²) in [6, 6.07) is 0.0739. The van der Waals surface area contributed by atoms with Gasteiger partial charge in [-0.3, -0.25) is 4.98 Å². The Morgan fingerprint density at radius 3 is 2.87 bits per heavy atom. The van der Waals surface area contributed by atoms with Crippen LogP contribution in [0, 0.1) is 13.8 Å². The molecule has 0 aliphatic rings. The third-order valence-corrected chi connectivity index (χ3v) is 2.07.